The molecule has 0 aliphatic rings. The van der Waals surface area contributed by atoms with Crippen LogP contribution in [0.5, 0.6) is 11.5 Å². The van der Waals surface area contributed by atoms with Crippen LogP contribution in [0.2, 0.25) is 0 Å². The molecule has 0 aliphatic carbocycles. The Bertz CT molecular complexity index is 726. The van der Waals surface area contributed by atoms with Crippen molar-refractivity contribution >= 4 is 12.6 Å². The summed E-state index contributed by atoms with van der Waals surface area (Å²) in [5.74, 6) is 1.41. The predicted molar refractivity (Wildman–Crippen MR) is 129 cm³/mol. The number of ether oxygens (including phenoxy) is 7. The number of benzene rings is 2. The van der Waals surface area contributed by atoms with Crippen molar-refractivity contribution in [1.82, 2.24) is 0 Å². The van der Waals surface area contributed by atoms with Gasteiger partial charge >= 0.3 is 0 Å². The van der Waals surface area contributed by atoms with Crippen LogP contribution in [-0.2, 0) is 23.7 Å². The second-order valence-electron chi connectivity index (χ2n) is 7.13. The van der Waals surface area contributed by atoms with Gasteiger partial charge in [0.15, 0.2) is 0 Å². The lowest BCUT2D eigenvalue weighted by Crippen LogP contribution is -2.15. The van der Waals surface area contributed by atoms with Crippen molar-refractivity contribution in [3.63, 3.8) is 0 Å². The van der Waals surface area contributed by atoms with Crippen LogP contribution in [0, 0.1) is 0 Å². The average molecular weight is 491 g/mol. The van der Waals surface area contributed by atoms with E-state index in [9.17, 15) is 9.59 Å². The van der Waals surface area contributed by atoms with E-state index in [0.29, 0.717) is 102 Å². The highest BCUT2D eigenvalue weighted by molar-refractivity contribution is 5.75. The van der Waals surface area contributed by atoms with E-state index in [0.717, 1.165) is 12.6 Å². The lowest BCUT2D eigenvalue weighted by atomic mass is 10.2. The zero-order valence-electron chi connectivity index (χ0n) is 19.9. The van der Waals surface area contributed by atoms with Gasteiger partial charge in [-0.1, -0.05) is 0 Å². The summed E-state index contributed by atoms with van der Waals surface area (Å²) in [6, 6.07) is 13.8. The van der Waals surface area contributed by atoms with Crippen LogP contribution in [0.25, 0.3) is 0 Å². The van der Waals surface area contributed by atoms with Gasteiger partial charge in [0, 0.05) is 11.1 Å². The third kappa shape index (κ3) is 14.2. The van der Waals surface area contributed by atoms with Crippen molar-refractivity contribution in [2.45, 2.75) is 0 Å². The molecule has 192 valence electrons. The summed E-state index contributed by atoms with van der Waals surface area (Å²) in [6.45, 7) is 5.67. The largest absolute Gasteiger partial charge is 0.491 e. The highest BCUT2D eigenvalue weighted by Gasteiger charge is 1.97. The van der Waals surface area contributed by atoms with Crippen molar-refractivity contribution in [2.75, 3.05) is 79.3 Å². The summed E-state index contributed by atoms with van der Waals surface area (Å²) < 4.78 is 38.2. The molecular weight excluding hydrogens is 456 g/mol. The molecule has 0 unspecified atom stereocenters. The van der Waals surface area contributed by atoms with Gasteiger partial charge in [-0.25, -0.2) is 0 Å². The molecule has 0 fully saturated rings. The standard InChI is InChI=1S/C26H34O9/c27-21-23-1-5-25(6-2-23)34-19-17-32-15-13-30-11-9-29-10-12-31-14-16-33-18-20-35-26-7-3-24(22-28)4-8-26/h1-8,21-22H,9-20H2. The molecule has 2 aromatic rings. The maximum Gasteiger partial charge on any atom is 0.150 e. The van der Waals surface area contributed by atoms with E-state index in [1.807, 2.05) is 0 Å². The zero-order chi connectivity index (χ0) is 24.8. The van der Waals surface area contributed by atoms with Gasteiger partial charge in [0.05, 0.1) is 66.1 Å². The zero-order valence-corrected chi connectivity index (χ0v) is 19.9. The minimum absolute atomic E-state index is 0.431. The Labute approximate surface area is 206 Å². The number of hydrogen-bond donors (Lipinski definition) is 0. The van der Waals surface area contributed by atoms with Gasteiger partial charge in [0.1, 0.15) is 37.3 Å². The summed E-state index contributed by atoms with van der Waals surface area (Å²) in [6.07, 6.45) is 1.59. The lowest BCUT2D eigenvalue weighted by Gasteiger charge is -2.09. The molecule has 0 atom stereocenters. The van der Waals surface area contributed by atoms with Gasteiger partial charge in [-0.3, -0.25) is 9.59 Å². The van der Waals surface area contributed by atoms with E-state index < -0.39 is 0 Å². The first kappa shape index (κ1) is 28.4. The van der Waals surface area contributed by atoms with Crippen LogP contribution in [0.15, 0.2) is 48.5 Å². The fourth-order valence-electron chi connectivity index (χ4n) is 2.70. The first-order valence-electron chi connectivity index (χ1n) is 11.6. The lowest BCUT2D eigenvalue weighted by molar-refractivity contribution is -0.0141. The Balaban J connectivity index is 1.25. The molecule has 0 saturated carbocycles. The summed E-state index contributed by atoms with van der Waals surface area (Å²) in [5.41, 5.74) is 1.23. The molecule has 0 N–H and O–H groups in total. The highest BCUT2D eigenvalue weighted by Crippen LogP contribution is 2.11. The number of hydrogen-bond acceptors (Lipinski definition) is 9. The van der Waals surface area contributed by atoms with Crippen molar-refractivity contribution in [3.8, 4) is 11.5 Å². The maximum atomic E-state index is 10.6. The predicted octanol–water partition coefficient (Wildman–Crippen LogP) is 2.85. The van der Waals surface area contributed by atoms with Crippen molar-refractivity contribution < 1.29 is 42.7 Å². The number of aldehydes is 2. The van der Waals surface area contributed by atoms with E-state index in [2.05, 4.69) is 0 Å². The second-order valence-corrected chi connectivity index (χ2v) is 7.13. The fraction of sp³-hybridized carbons (Fsp3) is 0.462. The second kappa shape index (κ2) is 19.5. The molecule has 0 radical (unpaired) electrons. The quantitative estimate of drug-likeness (QED) is 0.182. The third-order valence-corrected chi connectivity index (χ3v) is 4.51. The smallest absolute Gasteiger partial charge is 0.150 e. The minimum atomic E-state index is 0.431. The van der Waals surface area contributed by atoms with Crippen LogP contribution in [-0.4, -0.2) is 91.9 Å². The first-order chi connectivity index (χ1) is 17.3. The Morgan fingerprint density at radius 1 is 0.400 bits per heavy atom. The minimum Gasteiger partial charge on any atom is -0.491 e. The molecule has 0 spiro atoms. The highest BCUT2D eigenvalue weighted by atomic mass is 16.6. The monoisotopic (exact) mass is 490 g/mol. The van der Waals surface area contributed by atoms with Crippen LogP contribution in [0.3, 0.4) is 0 Å². The van der Waals surface area contributed by atoms with Gasteiger partial charge in [-0.2, -0.15) is 0 Å². The molecule has 0 saturated heterocycles. The Kier molecular flexibility index (Phi) is 15.8. The summed E-state index contributed by atoms with van der Waals surface area (Å²) >= 11 is 0. The molecule has 9 nitrogen and oxygen atoms in total. The summed E-state index contributed by atoms with van der Waals surface area (Å²) in [5, 5.41) is 0. The van der Waals surface area contributed by atoms with Gasteiger partial charge in [0.2, 0.25) is 0 Å². The number of carbonyl (C=O) groups excluding carboxylic acids is 2. The molecule has 0 aromatic heterocycles. The average Bonchev–Trinajstić information content (AvgIpc) is 2.90. The Morgan fingerprint density at radius 3 is 0.914 bits per heavy atom. The van der Waals surface area contributed by atoms with Gasteiger partial charge < -0.3 is 33.2 Å². The molecule has 9 heteroatoms. The van der Waals surface area contributed by atoms with Crippen LogP contribution in [0.4, 0.5) is 0 Å². The normalized spacial score (nSPS) is 10.7. The Hall–Kier alpha value is -2.82. The van der Waals surface area contributed by atoms with Crippen LogP contribution in [0.1, 0.15) is 20.7 Å². The van der Waals surface area contributed by atoms with Crippen molar-refractivity contribution in [1.29, 1.82) is 0 Å². The van der Waals surface area contributed by atoms with Crippen LogP contribution < -0.4 is 9.47 Å². The van der Waals surface area contributed by atoms with Crippen LogP contribution >= 0.6 is 0 Å². The number of carbonyl (C=O) groups is 2. The maximum absolute atomic E-state index is 10.6. The molecule has 0 bridgehead atoms. The van der Waals surface area contributed by atoms with Crippen molar-refractivity contribution in [3.05, 3.63) is 59.7 Å². The molecule has 2 rings (SSSR count). The van der Waals surface area contributed by atoms with E-state index >= 15 is 0 Å². The molecule has 35 heavy (non-hydrogen) atoms. The van der Waals surface area contributed by atoms with E-state index in [1.54, 1.807) is 48.5 Å². The Morgan fingerprint density at radius 2 is 0.657 bits per heavy atom. The molecule has 0 aliphatic heterocycles. The van der Waals surface area contributed by atoms with Gasteiger partial charge in [0.25, 0.3) is 0 Å². The molecule has 0 heterocycles. The van der Waals surface area contributed by atoms with Gasteiger partial charge in [-0.05, 0) is 48.5 Å². The summed E-state index contributed by atoms with van der Waals surface area (Å²) in [7, 11) is 0. The van der Waals surface area contributed by atoms with E-state index in [1.165, 1.54) is 0 Å². The van der Waals surface area contributed by atoms with E-state index in [4.69, 9.17) is 33.2 Å². The topological polar surface area (TPSA) is 98.8 Å². The molecule has 2 aromatic carbocycles. The first-order valence-corrected chi connectivity index (χ1v) is 11.6. The third-order valence-electron chi connectivity index (χ3n) is 4.51. The number of rotatable bonds is 22. The fourth-order valence-corrected chi connectivity index (χ4v) is 2.70. The summed E-state index contributed by atoms with van der Waals surface area (Å²) in [4.78, 5) is 21.2. The molecule has 0 amide bonds. The van der Waals surface area contributed by atoms with Gasteiger partial charge in [-0.15, -0.1) is 0 Å². The molecular formula is C26H34O9. The SMILES string of the molecule is O=Cc1ccc(OCCOCCOCCOCCOCCOCCOc2ccc(C=O)cc2)cc1. The van der Waals surface area contributed by atoms with Crippen molar-refractivity contribution in [2.24, 2.45) is 0 Å². The van der Waals surface area contributed by atoms with E-state index in [-0.39, 0.29) is 0 Å².